The van der Waals surface area contributed by atoms with E-state index >= 15 is 0 Å². The first-order valence-electron chi connectivity index (χ1n) is 7.81. The summed E-state index contributed by atoms with van der Waals surface area (Å²) in [5.74, 6) is 0.702. The van der Waals surface area contributed by atoms with E-state index in [0.29, 0.717) is 12.4 Å². The number of aromatic nitrogens is 4. The van der Waals surface area contributed by atoms with Crippen LogP contribution in [0.15, 0.2) is 55.1 Å². The summed E-state index contributed by atoms with van der Waals surface area (Å²) in [6, 6.07) is 10.1. The molecule has 0 saturated heterocycles. The zero-order valence-corrected chi connectivity index (χ0v) is 14.0. The van der Waals surface area contributed by atoms with Crippen molar-refractivity contribution in [1.82, 2.24) is 24.6 Å². The second-order valence-corrected chi connectivity index (χ2v) is 5.74. The molecule has 2 aromatic heterocycles. The Morgan fingerprint density at radius 2 is 1.71 bits per heavy atom. The first-order chi connectivity index (χ1) is 11.7. The zero-order chi connectivity index (χ0) is 16.8. The van der Waals surface area contributed by atoms with Crippen LogP contribution in [0.1, 0.15) is 17.0 Å². The van der Waals surface area contributed by atoms with Gasteiger partial charge < -0.3 is 4.74 Å². The molecule has 1 aromatic carbocycles. The van der Waals surface area contributed by atoms with E-state index in [-0.39, 0.29) is 0 Å². The Balaban J connectivity index is 1.59. The van der Waals surface area contributed by atoms with E-state index in [2.05, 4.69) is 33.2 Å². The predicted octanol–water partition coefficient (Wildman–Crippen LogP) is 2.44. The summed E-state index contributed by atoms with van der Waals surface area (Å²) >= 11 is 0. The largest absolute Gasteiger partial charge is 0.377 e. The number of nitrogens with zero attached hydrogens (tertiary/aromatic N) is 5. The molecule has 0 amide bonds. The molecule has 0 radical (unpaired) electrons. The van der Waals surface area contributed by atoms with Crippen molar-refractivity contribution >= 4 is 0 Å². The first kappa shape index (κ1) is 16.3. The van der Waals surface area contributed by atoms with Gasteiger partial charge in [0.15, 0.2) is 5.82 Å². The van der Waals surface area contributed by atoms with Gasteiger partial charge in [-0.3, -0.25) is 4.90 Å². The number of hydrogen-bond acceptors (Lipinski definition) is 5. The lowest BCUT2D eigenvalue weighted by Crippen LogP contribution is -2.17. The molecule has 2 heterocycles. The van der Waals surface area contributed by atoms with E-state index in [1.165, 1.54) is 5.56 Å². The Morgan fingerprint density at radius 3 is 2.42 bits per heavy atom. The summed E-state index contributed by atoms with van der Waals surface area (Å²) in [6.45, 7) is 2.03. The van der Waals surface area contributed by atoms with Crippen molar-refractivity contribution in [1.29, 1.82) is 0 Å². The maximum atomic E-state index is 5.02. The van der Waals surface area contributed by atoms with E-state index in [0.717, 1.165) is 24.3 Å². The van der Waals surface area contributed by atoms with Gasteiger partial charge in [-0.05, 0) is 19.2 Å². The monoisotopic (exact) mass is 323 g/mol. The molecule has 0 aliphatic carbocycles. The van der Waals surface area contributed by atoms with Gasteiger partial charge in [0.1, 0.15) is 6.61 Å². The summed E-state index contributed by atoms with van der Waals surface area (Å²) in [4.78, 5) is 10.8. The first-order valence-corrected chi connectivity index (χ1v) is 7.81. The van der Waals surface area contributed by atoms with E-state index in [1.807, 2.05) is 53.6 Å². The molecule has 0 unspecified atom stereocenters. The molecule has 124 valence electrons. The molecule has 3 aromatic rings. The Hall–Kier alpha value is -2.57. The van der Waals surface area contributed by atoms with Crippen LogP contribution in [0, 0.1) is 0 Å². The van der Waals surface area contributed by atoms with Crippen LogP contribution in [0.25, 0.3) is 5.69 Å². The van der Waals surface area contributed by atoms with Gasteiger partial charge in [-0.1, -0.05) is 18.2 Å². The van der Waals surface area contributed by atoms with Crippen LogP contribution < -0.4 is 0 Å². The molecule has 0 aliphatic heterocycles. The molecule has 24 heavy (non-hydrogen) atoms. The Morgan fingerprint density at radius 1 is 1.00 bits per heavy atom. The summed E-state index contributed by atoms with van der Waals surface area (Å²) in [6.07, 6.45) is 7.67. The summed E-state index contributed by atoms with van der Waals surface area (Å²) in [5.41, 5.74) is 3.31. The second-order valence-electron chi connectivity index (χ2n) is 5.74. The molecule has 0 fully saturated rings. The minimum atomic E-state index is 0.439. The number of rotatable bonds is 7. The Kier molecular flexibility index (Phi) is 5.30. The molecule has 0 bridgehead atoms. The molecule has 0 N–H and O–H groups in total. The number of para-hydroxylation sites is 1. The quantitative estimate of drug-likeness (QED) is 0.668. The van der Waals surface area contributed by atoms with Gasteiger partial charge in [-0.15, -0.1) is 0 Å². The van der Waals surface area contributed by atoms with Crippen LogP contribution in [-0.4, -0.2) is 38.8 Å². The van der Waals surface area contributed by atoms with E-state index < -0.39 is 0 Å². The number of hydrogen-bond donors (Lipinski definition) is 0. The highest BCUT2D eigenvalue weighted by Crippen LogP contribution is 2.10. The van der Waals surface area contributed by atoms with Crippen LogP contribution in [0.4, 0.5) is 0 Å². The minimum Gasteiger partial charge on any atom is -0.377 e. The van der Waals surface area contributed by atoms with Gasteiger partial charge in [0.2, 0.25) is 0 Å². The zero-order valence-electron chi connectivity index (χ0n) is 14.0. The molecular weight excluding hydrogens is 302 g/mol. The van der Waals surface area contributed by atoms with Crippen molar-refractivity contribution < 1.29 is 4.74 Å². The van der Waals surface area contributed by atoms with Gasteiger partial charge in [-0.25, -0.2) is 14.6 Å². The van der Waals surface area contributed by atoms with Crippen molar-refractivity contribution in [2.75, 3.05) is 14.2 Å². The van der Waals surface area contributed by atoms with Gasteiger partial charge in [-0.2, -0.15) is 5.10 Å². The van der Waals surface area contributed by atoms with E-state index in [1.54, 1.807) is 7.11 Å². The highest BCUT2D eigenvalue weighted by Gasteiger charge is 2.06. The van der Waals surface area contributed by atoms with Crippen LogP contribution in [0.3, 0.4) is 0 Å². The fraction of sp³-hybridized carbons (Fsp3) is 0.278. The van der Waals surface area contributed by atoms with Crippen molar-refractivity contribution in [3.63, 3.8) is 0 Å². The fourth-order valence-electron chi connectivity index (χ4n) is 2.51. The molecule has 0 saturated carbocycles. The van der Waals surface area contributed by atoms with Crippen molar-refractivity contribution in [3.8, 4) is 5.69 Å². The third-order valence-corrected chi connectivity index (χ3v) is 3.59. The predicted molar refractivity (Wildman–Crippen MR) is 91.5 cm³/mol. The Labute approximate surface area is 141 Å². The highest BCUT2D eigenvalue weighted by atomic mass is 16.5. The topological polar surface area (TPSA) is 56.1 Å². The van der Waals surface area contributed by atoms with E-state index in [4.69, 9.17) is 4.74 Å². The van der Waals surface area contributed by atoms with Crippen molar-refractivity contribution in [2.45, 2.75) is 19.7 Å². The van der Waals surface area contributed by atoms with Crippen LogP contribution in [0.5, 0.6) is 0 Å². The molecule has 0 atom stereocenters. The van der Waals surface area contributed by atoms with Crippen LogP contribution >= 0.6 is 0 Å². The molecule has 3 rings (SSSR count). The van der Waals surface area contributed by atoms with Gasteiger partial charge in [0.05, 0.1) is 11.9 Å². The standard InChI is InChI=1S/C18H21N5O/c1-22(11-15-8-19-18(14-24-2)20-9-15)12-16-10-21-23(13-16)17-6-4-3-5-7-17/h3-10,13H,11-12,14H2,1-2H3. The lowest BCUT2D eigenvalue weighted by atomic mass is 10.3. The van der Waals surface area contributed by atoms with Gasteiger partial charge >= 0.3 is 0 Å². The van der Waals surface area contributed by atoms with Crippen LogP contribution in [-0.2, 0) is 24.4 Å². The lowest BCUT2D eigenvalue weighted by molar-refractivity contribution is 0.177. The number of methoxy groups -OCH3 is 1. The molecule has 0 spiro atoms. The smallest absolute Gasteiger partial charge is 0.153 e. The maximum absolute atomic E-state index is 5.02. The summed E-state index contributed by atoms with van der Waals surface area (Å²) in [7, 11) is 3.71. The average Bonchev–Trinajstić information content (AvgIpc) is 3.06. The second kappa shape index (κ2) is 7.81. The normalized spacial score (nSPS) is 11.1. The number of benzene rings is 1. The van der Waals surface area contributed by atoms with Crippen molar-refractivity contribution in [2.24, 2.45) is 0 Å². The lowest BCUT2D eigenvalue weighted by Gasteiger charge is -2.15. The number of ether oxygens (including phenoxy) is 1. The SMILES string of the molecule is COCc1ncc(CN(C)Cc2cnn(-c3ccccc3)c2)cn1. The highest BCUT2D eigenvalue weighted by molar-refractivity contribution is 5.30. The van der Waals surface area contributed by atoms with Crippen LogP contribution in [0.2, 0.25) is 0 Å². The third-order valence-electron chi connectivity index (χ3n) is 3.59. The molecule has 6 heteroatoms. The Bertz CT molecular complexity index is 755. The molecular formula is C18H21N5O. The summed E-state index contributed by atoms with van der Waals surface area (Å²) in [5, 5.41) is 4.43. The van der Waals surface area contributed by atoms with Gasteiger partial charge in [0, 0.05) is 49.9 Å². The fourth-order valence-corrected chi connectivity index (χ4v) is 2.51. The third kappa shape index (κ3) is 4.24. The van der Waals surface area contributed by atoms with Crippen molar-refractivity contribution in [3.05, 3.63) is 72.1 Å². The average molecular weight is 323 g/mol. The maximum Gasteiger partial charge on any atom is 0.153 e. The summed E-state index contributed by atoms with van der Waals surface area (Å²) < 4.78 is 6.92. The van der Waals surface area contributed by atoms with Gasteiger partial charge in [0.25, 0.3) is 0 Å². The minimum absolute atomic E-state index is 0.439. The molecule has 0 aliphatic rings. The molecule has 6 nitrogen and oxygen atoms in total. The van der Waals surface area contributed by atoms with E-state index in [9.17, 15) is 0 Å².